The van der Waals surface area contributed by atoms with E-state index in [2.05, 4.69) is 5.32 Å². The van der Waals surface area contributed by atoms with Crippen LogP contribution in [0.5, 0.6) is 0 Å². The van der Waals surface area contributed by atoms with Crippen molar-refractivity contribution < 1.29 is 27.6 Å². The number of amides is 3. The molecule has 2 aromatic carbocycles. The molecule has 2 fully saturated rings. The normalized spacial score (nSPS) is 21.5. The molecule has 0 bridgehead atoms. The average Bonchev–Trinajstić information content (AvgIpc) is 2.98. The Bertz CT molecular complexity index is 977. The first-order valence-electron chi connectivity index (χ1n) is 9.73. The summed E-state index contributed by atoms with van der Waals surface area (Å²) in [5.74, 6) is -1.73. The van der Waals surface area contributed by atoms with Crippen LogP contribution in [0.15, 0.2) is 48.5 Å². The maximum absolute atomic E-state index is 13.1. The van der Waals surface area contributed by atoms with E-state index in [1.165, 1.54) is 47.4 Å². The largest absolute Gasteiger partial charge is 0.418 e. The molecular weight excluding hydrogens is 397 g/mol. The number of hydrogen-bond acceptors (Lipinski definition) is 3. The van der Waals surface area contributed by atoms with Crippen molar-refractivity contribution in [1.29, 1.82) is 0 Å². The lowest BCUT2D eigenvalue weighted by Gasteiger charge is -2.19. The second-order valence-corrected chi connectivity index (χ2v) is 7.55. The van der Waals surface area contributed by atoms with Crippen molar-refractivity contribution in [3.63, 3.8) is 0 Å². The van der Waals surface area contributed by atoms with Crippen molar-refractivity contribution in [2.24, 2.45) is 11.8 Å². The van der Waals surface area contributed by atoms with Crippen LogP contribution >= 0.6 is 0 Å². The van der Waals surface area contributed by atoms with E-state index in [-0.39, 0.29) is 34.9 Å². The minimum absolute atomic E-state index is 0.118. The number of hydrogen-bond donors (Lipinski definition) is 1. The molecule has 3 amide bonds. The molecule has 1 aliphatic carbocycles. The lowest BCUT2D eigenvalue weighted by Crippen LogP contribution is -2.30. The number of para-hydroxylation sites is 1. The first kappa shape index (κ1) is 20.1. The van der Waals surface area contributed by atoms with Crippen LogP contribution in [0.25, 0.3) is 0 Å². The van der Waals surface area contributed by atoms with Crippen molar-refractivity contribution in [2.75, 3.05) is 10.2 Å². The van der Waals surface area contributed by atoms with Gasteiger partial charge in [0.15, 0.2) is 0 Å². The molecule has 4 rings (SSSR count). The number of rotatable bonds is 3. The smallest absolute Gasteiger partial charge is 0.321 e. The van der Waals surface area contributed by atoms with Crippen molar-refractivity contribution in [3.05, 3.63) is 59.7 Å². The Labute approximate surface area is 170 Å². The molecule has 1 saturated heterocycles. The number of halogens is 3. The molecule has 0 unspecified atom stereocenters. The molecule has 5 nitrogen and oxygen atoms in total. The number of nitrogens with one attached hydrogen (secondary N) is 1. The van der Waals surface area contributed by atoms with Gasteiger partial charge in [-0.1, -0.05) is 25.0 Å². The van der Waals surface area contributed by atoms with Gasteiger partial charge in [-0.25, -0.2) is 0 Å². The average molecular weight is 416 g/mol. The summed E-state index contributed by atoms with van der Waals surface area (Å²) in [6.45, 7) is 0. The summed E-state index contributed by atoms with van der Waals surface area (Å²) in [5, 5.41) is 2.27. The summed E-state index contributed by atoms with van der Waals surface area (Å²) in [6, 6.07) is 10.4. The summed E-state index contributed by atoms with van der Waals surface area (Å²) in [6.07, 6.45) is -1.35. The molecule has 30 heavy (non-hydrogen) atoms. The topological polar surface area (TPSA) is 66.5 Å². The lowest BCUT2D eigenvalue weighted by atomic mass is 9.81. The zero-order valence-corrected chi connectivity index (χ0v) is 15.9. The maximum Gasteiger partial charge on any atom is 0.418 e. The van der Waals surface area contributed by atoms with Gasteiger partial charge in [-0.05, 0) is 49.2 Å². The highest BCUT2D eigenvalue weighted by Gasteiger charge is 2.48. The number of alkyl halides is 3. The van der Waals surface area contributed by atoms with Crippen molar-refractivity contribution in [1.82, 2.24) is 0 Å². The van der Waals surface area contributed by atoms with Gasteiger partial charge in [0, 0.05) is 5.56 Å². The van der Waals surface area contributed by atoms with Gasteiger partial charge >= 0.3 is 6.18 Å². The van der Waals surface area contributed by atoms with Crippen LogP contribution in [0, 0.1) is 11.8 Å². The van der Waals surface area contributed by atoms with Crippen LogP contribution in [0.1, 0.15) is 41.6 Å². The highest BCUT2D eigenvalue weighted by atomic mass is 19.4. The minimum Gasteiger partial charge on any atom is -0.321 e. The van der Waals surface area contributed by atoms with Gasteiger partial charge in [0.05, 0.1) is 28.8 Å². The predicted octanol–water partition coefficient (Wildman–Crippen LogP) is 4.64. The Morgan fingerprint density at radius 1 is 0.900 bits per heavy atom. The van der Waals surface area contributed by atoms with Crippen LogP contribution in [-0.2, 0) is 15.8 Å². The van der Waals surface area contributed by atoms with E-state index < -0.39 is 17.6 Å². The number of anilines is 2. The standard InChI is InChI=1S/C22H19F3N2O3/c23-22(24,25)17-7-3-4-8-18(17)26-19(28)13-9-11-14(12-10-13)27-20(29)15-5-1-2-6-16(15)21(27)30/h3-4,7-12,15-16H,1-2,5-6H2,(H,26,28)/t15-,16-/m0/s1. The van der Waals surface area contributed by atoms with Gasteiger partial charge in [-0.15, -0.1) is 0 Å². The summed E-state index contributed by atoms with van der Waals surface area (Å²) in [7, 11) is 0. The summed E-state index contributed by atoms with van der Waals surface area (Å²) in [5.41, 5.74) is -0.794. The fourth-order valence-electron chi connectivity index (χ4n) is 4.21. The third kappa shape index (κ3) is 3.58. The molecular formula is C22H19F3N2O3. The fraction of sp³-hybridized carbons (Fsp3) is 0.318. The molecule has 1 heterocycles. The molecule has 0 spiro atoms. The van der Waals surface area contributed by atoms with E-state index in [1.807, 2.05) is 0 Å². The first-order chi connectivity index (χ1) is 14.3. The zero-order valence-electron chi connectivity index (χ0n) is 15.9. The van der Waals surface area contributed by atoms with Crippen LogP contribution in [-0.4, -0.2) is 17.7 Å². The van der Waals surface area contributed by atoms with Gasteiger partial charge < -0.3 is 5.32 Å². The highest BCUT2D eigenvalue weighted by molar-refractivity contribution is 6.22. The van der Waals surface area contributed by atoms with E-state index in [1.54, 1.807) is 0 Å². The number of nitrogens with zero attached hydrogens (tertiary/aromatic N) is 1. The summed E-state index contributed by atoms with van der Waals surface area (Å²) >= 11 is 0. The number of imide groups is 1. The molecule has 1 aliphatic heterocycles. The van der Waals surface area contributed by atoms with Gasteiger partial charge in [-0.2, -0.15) is 13.2 Å². The minimum atomic E-state index is -4.60. The highest BCUT2D eigenvalue weighted by Crippen LogP contribution is 2.40. The third-order valence-electron chi connectivity index (χ3n) is 5.71. The molecule has 1 saturated carbocycles. The second kappa shape index (κ2) is 7.59. The van der Waals surface area contributed by atoms with E-state index in [4.69, 9.17) is 0 Å². The quantitative estimate of drug-likeness (QED) is 0.742. The molecule has 0 radical (unpaired) electrons. The van der Waals surface area contributed by atoms with Crippen molar-refractivity contribution in [3.8, 4) is 0 Å². The number of carbonyl (C=O) groups excluding carboxylic acids is 3. The van der Waals surface area contributed by atoms with Crippen molar-refractivity contribution >= 4 is 29.1 Å². The molecule has 8 heteroatoms. The zero-order chi connectivity index (χ0) is 21.5. The maximum atomic E-state index is 13.1. The molecule has 1 N–H and O–H groups in total. The Balaban J connectivity index is 1.53. The Morgan fingerprint density at radius 3 is 2.03 bits per heavy atom. The van der Waals surface area contributed by atoms with E-state index in [0.717, 1.165) is 18.9 Å². The molecule has 2 aliphatic rings. The van der Waals surface area contributed by atoms with Gasteiger partial charge in [0.25, 0.3) is 5.91 Å². The Morgan fingerprint density at radius 2 is 1.47 bits per heavy atom. The Hall–Kier alpha value is -3.16. The van der Waals surface area contributed by atoms with Crippen LogP contribution in [0.4, 0.5) is 24.5 Å². The number of carbonyl (C=O) groups is 3. The molecule has 2 atom stereocenters. The number of fused-ring (bicyclic) bond motifs is 1. The third-order valence-corrected chi connectivity index (χ3v) is 5.71. The Kier molecular flexibility index (Phi) is 5.09. The predicted molar refractivity (Wildman–Crippen MR) is 104 cm³/mol. The second-order valence-electron chi connectivity index (χ2n) is 7.55. The monoisotopic (exact) mass is 416 g/mol. The summed E-state index contributed by atoms with van der Waals surface area (Å²) in [4.78, 5) is 38.9. The van der Waals surface area contributed by atoms with E-state index >= 15 is 0 Å². The van der Waals surface area contributed by atoms with Crippen LogP contribution in [0.3, 0.4) is 0 Å². The van der Waals surface area contributed by atoms with Gasteiger partial charge in [0.1, 0.15) is 0 Å². The fourth-order valence-corrected chi connectivity index (χ4v) is 4.21. The van der Waals surface area contributed by atoms with Crippen molar-refractivity contribution in [2.45, 2.75) is 31.9 Å². The number of benzene rings is 2. The SMILES string of the molecule is O=C(Nc1ccccc1C(F)(F)F)c1ccc(N2C(=O)[C@H]3CCCC[C@@H]3C2=O)cc1. The van der Waals surface area contributed by atoms with Gasteiger partial charge in [0.2, 0.25) is 11.8 Å². The molecule has 2 aromatic rings. The van der Waals surface area contributed by atoms with Crippen LogP contribution in [0.2, 0.25) is 0 Å². The van der Waals surface area contributed by atoms with E-state index in [0.29, 0.717) is 18.5 Å². The molecule has 0 aromatic heterocycles. The van der Waals surface area contributed by atoms with Crippen LogP contribution < -0.4 is 10.2 Å². The molecule has 156 valence electrons. The summed E-state index contributed by atoms with van der Waals surface area (Å²) < 4.78 is 39.3. The first-order valence-corrected chi connectivity index (χ1v) is 9.73. The van der Waals surface area contributed by atoms with E-state index in [9.17, 15) is 27.6 Å². The lowest BCUT2D eigenvalue weighted by molar-refractivity contribution is -0.137. The van der Waals surface area contributed by atoms with Gasteiger partial charge in [-0.3, -0.25) is 19.3 Å².